The Morgan fingerprint density at radius 3 is 2.88 bits per heavy atom. The molecule has 0 aromatic heterocycles. The normalized spacial score (nSPS) is 11.1. The van der Waals surface area contributed by atoms with Gasteiger partial charge in [-0.1, -0.05) is 18.1 Å². The van der Waals surface area contributed by atoms with Crippen LogP contribution in [0, 0.1) is 11.8 Å². The third-order valence-corrected chi connectivity index (χ3v) is 2.19. The molecule has 0 aliphatic heterocycles. The van der Waals surface area contributed by atoms with E-state index in [1.807, 2.05) is 6.07 Å². The van der Waals surface area contributed by atoms with Crippen LogP contribution in [0.1, 0.15) is 24.8 Å². The molecule has 1 unspecified atom stereocenters. The van der Waals surface area contributed by atoms with Crippen molar-refractivity contribution in [2.45, 2.75) is 19.3 Å². The summed E-state index contributed by atoms with van der Waals surface area (Å²) in [6, 6.07) is 6.75. The van der Waals surface area contributed by atoms with E-state index in [0.717, 1.165) is 5.56 Å². The molecule has 1 aromatic rings. The van der Waals surface area contributed by atoms with Crippen LogP contribution in [0.15, 0.2) is 24.3 Å². The monoisotopic (exact) mass is 218 g/mol. The molecular formula is C13H14O3. The predicted octanol–water partition coefficient (Wildman–Crippen LogP) is 2.06. The lowest BCUT2D eigenvalue weighted by molar-refractivity contribution is -0.140. The van der Waals surface area contributed by atoms with Crippen LogP contribution in [0.25, 0.3) is 0 Å². The summed E-state index contributed by atoms with van der Waals surface area (Å²) >= 11 is 0. The van der Waals surface area contributed by atoms with Crippen molar-refractivity contribution in [3.05, 3.63) is 29.8 Å². The SMILES string of the molecule is CC#CC(CC(=O)OC)c1cccc(O)c1. The van der Waals surface area contributed by atoms with Gasteiger partial charge >= 0.3 is 5.97 Å². The van der Waals surface area contributed by atoms with E-state index in [4.69, 9.17) is 0 Å². The van der Waals surface area contributed by atoms with Gasteiger partial charge in [-0.2, -0.15) is 0 Å². The number of ether oxygens (including phenoxy) is 1. The first kappa shape index (κ1) is 12.1. The van der Waals surface area contributed by atoms with E-state index in [9.17, 15) is 9.90 Å². The molecule has 16 heavy (non-hydrogen) atoms. The van der Waals surface area contributed by atoms with Crippen LogP contribution >= 0.6 is 0 Å². The van der Waals surface area contributed by atoms with E-state index < -0.39 is 0 Å². The Balaban J connectivity index is 2.92. The first-order valence-electron chi connectivity index (χ1n) is 4.95. The molecule has 0 aliphatic rings. The third-order valence-electron chi connectivity index (χ3n) is 2.19. The van der Waals surface area contributed by atoms with E-state index in [-0.39, 0.29) is 24.1 Å². The number of rotatable bonds is 3. The van der Waals surface area contributed by atoms with Crippen LogP contribution in [-0.2, 0) is 9.53 Å². The Kier molecular flexibility index (Phi) is 4.41. The van der Waals surface area contributed by atoms with Crippen molar-refractivity contribution in [3.8, 4) is 17.6 Å². The molecule has 0 amide bonds. The standard InChI is InChI=1S/C13H14O3/c1-3-5-10(9-13(15)16-2)11-6-4-7-12(14)8-11/h4,6-8,10,14H,9H2,1-2H3. The zero-order valence-corrected chi connectivity index (χ0v) is 9.36. The lowest BCUT2D eigenvalue weighted by Crippen LogP contribution is -2.07. The van der Waals surface area contributed by atoms with Gasteiger partial charge in [0, 0.05) is 0 Å². The van der Waals surface area contributed by atoms with E-state index in [2.05, 4.69) is 16.6 Å². The number of phenolic OH excluding ortho intramolecular Hbond substituents is 1. The van der Waals surface area contributed by atoms with Crippen molar-refractivity contribution in [1.82, 2.24) is 0 Å². The van der Waals surface area contributed by atoms with Crippen LogP contribution in [0.5, 0.6) is 5.75 Å². The van der Waals surface area contributed by atoms with E-state index in [1.165, 1.54) is 7.11 Å². The fourth-order valence-corrected chi connectivity index (χ4v) is 1.42. The van der Waals surface area contributed by atoms with Crippen molar-refractivity contribution in [1.29, 1.82) is 0 Å². The van der Waals surface area contributed by atoms with Gasteiger partial charge in [0.25, 0.3) is 0 Å². The molecule has 1 atom stereocenters. The number of esters is 1. The van der Waals surface area contributed by atoms with Crippen molar-refractivity contribution >= 4 is 5.97 Å². The van der Waals surface area contributed by atoms with Gasteiger partial charge in [-0.15, -0.1) is 5.92 Å². The second-order valence-corrected chi connectivity index (χ2v) is 3.32. The summed E-state index contributed by atoms with van der Waals surface area (Å²) in [7, 11) is 1.35. The summed E-state index contributed by atoms with van der Waals surface area (Å²) in [6.45, 7) is 1.72. The van der Waals surface area contributed by atoms with Gasteiger partial charge in [-0.05, 0) is 24.6 Å². The fourth-order valence-electron chi connectivity index (χ4n) is 1.42. The molecule has 3 heteroatoms. The zero-order valence-electron chi connectivity index (χ0n) is 9.36. The maximum atomic E-state index is 11.2. The second kappa shape index (κ2) is 5.82. The Hall–Kier alpha value is -1.95. The zero-order chi connectivity index (χ0) is 12.0. The number of phenols is 1. The predicted molar refractivity (Wildman–Crippen MR) is 60.9 cm³/mol. The summed E-state index contributed by atoms with van der Waals surface area (Å²) in [5.74, 6) is 5.34. The first-order chi connectivity index (χ1) is 7.67. The molecule has 0 aliphatic carbocycles. The van der Waals surface area contributed by atoms with Gasteiger partial charge < -0.3 is 9.84 Å². The Morgan fingerprint density at radius 1 is 1.56 bits per heavy atom. The van der Waals surface area contributed by atoms with Gasteiger partial charge in [0.1, 0.15) is 5.75 Å². The minimum Gasteiger partial charge on any atom is -0.508 e. The minimum atomic E-state index is -0.309. The highest BCUT2D eigenvalue weighted by Gasteiger charge is 2.14. The number of aromatic hydroxyl groups is 1. The molecule has 0 fully saturated rings. The summed E-state index contributed by atoms with van der Waals surface area (Å²) in [4.78, 5) is 11.2. The number of benzene rings is 1. The highest BCUT2D eigenvalue weighted by molar-refractivity contribution is 5.71. The summed E-state index contributed by atoms with van der Waals surface area (Å²) in [5.41, 5.74) is 0.819. The molecule has 0 saturated carbocycles. The second-order valence-electron chi connectivity index (χ2n) is 3.32. The Morgan fingerprint density at radius 2 is 2.31 bits per heavy atom. The van der Waals surface area contributed by atoms with Crippen LogP contribution in [-0.4, -0.2) is 18.2 Å². The molecule has 1 rings (SSSR count). The van der Waals surface area contributed by atoms with Gasteiger partial charge in [-0.3, -0.25) is 4.79 Å². The topological polar surface area (TPSA) is 46.5 Å². The van der Waals surface area contributed by atoms with Crippen LogP contribution < -0.4 is 0 Å². The number of methoxy groups -OCH3 is 1. The largest absolute Gasteiger partial charge is 0.508 e. The van der Waals surface area contributed by atoms with Crippen molar-refractivity contribution in [2.24, 2.45) is 0 Å². The van der Waals surface area contributed by atoms with Crippen molar-refractivity contribution in [3.63, 3.8) is 0 Å². The molecule has 0 saturated heterocycles. The average Bonchev–Trinajstić information content (AvgIpc) is 2.28. The van der Waals surface area contributed by atoms with Crippen LogP contribution in [0.2, 0.25) is 0 Å². The summed E-state index contributed by atoms with van der Waals surface area (Å²) in [5, 5.41) is 9.36. The molecule has 0 spiro atoms. The smallest absolute Gasteiger partial charge is 0.307 e. The highest BCUT2D eigenvalue weighted by atomic mass is 16.5. The highest BCUT2D eigenvalue weighted by Crippen LogP contribution is 2.22. The van der Waals surface area contributed by atoms with Gasteiger partial charge in [0.15, 0.2) is 0 Å². The number of hydrogen-bond acceptors (Lipinski definition) is 3. The van der Waals surface area contributed by atoms with Crippen molar-refractivity contribution in [2.75, 3.05) is 7.11 Å². The van der Waals surface area contributed by atoms with E-state index in [0.29, 0.717) is 0 Å². The lowest BCUT2D eigenvalue weighted by atomic mass is 9.96. The van der Waals surface area contributed by atoms with Crippen LogP contribution in [0.4, 0.5) is 0 Å². The van der Waals surface area contributed by atoms with Gasteiger partial charge in [0.05, 0.1) is 19.4 Å². The van der Waals surface area contributed by atoms with E-state index >= 15 is 0 Å². The van der Waals surface area contributed by atoms with E-state index in [1.54, 1.807) is 25.1 Å². The minimum absolute atomic E-state index is 0.172. The molecule has 0 radical (unpaired) electrons. The van der Waals surface area contributed by atoms with Gasteiger partial charge in [-0.25, -0.2) is 0 Å². The number of carbonyl (C=O) groups excluding carboxylic acids is 1. The molecule has 1 aromatic carbocycles. The quantitative estimate of drug-likeness (QED) is 0.624. The molecule has 1 N–H and O–H groups in total. The molecular weight excluding hydrogens is 204 g/mol. The first-order valence-corrected chi connectivity index (χ1v) is 4.95. The third kappa shape index (κ3) is 3.32. The number of hydrogen-bond donors (Lipinski definition) is 1. The maximum absolute atomic E-state index is 11.2. The Labute approximate surface area is 95.1 Å². The average molecular weight is 218 g/mol. The molecule has 84 valence electrons. The molecule has 0 bridgehead atoms. The molecule has 0 heterocycles. The fraction of sp³-hybridized carbons (Fsp3) is 0.308. The van der Waals surface area contributed by atoms with Gasteiger partial charge in [0.2, 0.25) is 0 Å². The van der Waals surface area contributed by atoms with Crippen LogP contribution in [0.3, 0.4) is 0 Å². The summed E-state index contributed by atoms with van der Waals surface area (Å²) < 4.78 is 4.61. The summed E-state index contributed by atoms with van der Waals surface area (Å²) in [6.07, 6.45) is 0.195. The Bertz CT molecular complexity index is 426. The lowest BCUT2D eigenvalue weighted by Gasteiger charge is -2.09. The maximum Gasteiger partial charge on any atom is 0.307 e. The van der Waals surface area contributed by atoms with Crippen molar-refractivity contribution < 1.29 is 14.6 Å². The molecule has 3 nitrogen and oxygen atoms in total. The number of carbonyl (C=O) groups is 1.